The van der Waals surface area contributed by atoms with Crippen molar-refractivity contribution in [3.8, 4) is 5.88 Å². The highest BCUT2D eigenvalue weighted by atomic mass is 35.5. The number of halogens is 6. The molecule has 0 bridgehead atoms. The standard InChI is InChI=1S/C22H21ClF4N2O3.ClH/c23-18-8-14(22(25,26)27)10-28-20(18)32-15-3-5-29(6-4-15)11-13-7-19(24)17(21(30)31)9-16(13)12-1-2-12;/h7-10,12,15H,1-6,11H2,(H,30,31);1H. The summed E-state index contributed by atoms with van der Waals surface area (Å²) in [6.07, 6.45) is -0.932. The average Bonchev–Trinajstić information content (AvgIpc) is 3.55. The van der Waals surface area contributed by atoms with E-state index in [1.807, 2.05) is 0 Å². The van der Waals surface area contributed by atoms with Gasteiger partial charge in [-0.2, -0.15) is 13.2 Å². The van der Waals surface area contributed by atoms with Crippen molar-refractivity contribution in [3.05, 3.63) is 57.5 Å². The molecule has 2 heterocycles. The van der Waals surface area contributed by atoms with Gasteiger partial charge in [0.15, 0.2) is 0 Å². The number of nitrogens with zero attached hydrogens (tertiary/aromatic N) is 2. The minimum atomic E-state index is -4.53. The minimum Gasteiger partial charge on any atom is -0.478 e. The Morgan fingerprint density at radius 2 is 1.85 bits per heavy atom. The lowest BCUT2D eigenvalue weighted by molar-refractivity contribution is -0.137. The van der Waals surface area contributed by atoms with Crippen LogP contribution in [0.4, 0.5) is 17.6 Å². The first-order valence-electron chi connectivity index (χ1n) is 10.3. The minimum absolute atomic E-state index is 0. The molecule has 1 N–H and O–H groups in total. The number of hydrogen-bond acceptors (Lipinski definition) is 4. The Kier molecular flexibility index (Phi) is 7.76. The number of aromatic carboxylic acids is 1. The largest absolute Gasteiger partial charge is 0.478 e. The van der Waals surface area contributed by atoms with Gasteiger partial charge < -0.3 is 9.84 Å². The van der Waals surface area contributed by atoms with Gasteiger partial charge in [0, 0.05) is 25.8 Å². The molecule has 1 aromatic heterocycles. The third kappa shape index (κ3) is 6.07. The van der Waals surface area contributed by atoms with E-state index < -0.39 is 23.5 Å². The Labute approximate surface area is 199 Å². The van der Waals surface area contributed by atoms with Gasteiger partial charge in [-0.3, -0.25) is 4.90 Å². The van der Waals surface area contributed by atoms with Crippen LogP contribution in [0.15, 0.2) is 24.4 Å². The summed E-state index contributed by atoms with van der Waals surface area (Å²) in [6.45, 7) is 1.76. The molecule has 1 aliphatic heterocycles. The van der Waals surface area contributed by atoms with E-state index in [9.17, 15) is 27.5 Å². The number of alkyl halides is 3. The zero-order chi connectivity index (χ0) is 23.0. The lowest BCUT2D eigenvalue weighted by atomic mass is 9.98. The number of ether oxygens (including phenoxy) is 1. The highest BCUT2D eigenvalue weighted by molar-refractivity contribution is 6.31. The van der Waals surface area contributed by atoms with Crippen LogP contribution in [-0.4, -0.2) is 40.2 Å². The van der Waals surface area contributed by atoms with Crippen LogP contribution in [0.5, 0.6) is 5.88 Å². The van der Waals surface area contributed by atoms with Gasteiger partial charge in [-0.25, -0.2) is 14.2 Å². The summed E-state index contributed by atoms with van der Waals surface area (Å²) in [5, 5.41) is 9.01. The van der Waals surface area contributed by atoms with Crippen LogP contribution in [0.1, 0.15) is 58.6 Å². The van der Waals surface area contributed by atoms with Gasteiger partial charge in [-0.15, -0.1) is 12.4 Å². The molecule has 11 heteroatoms. The molecule has 2 fully saturated rings. The molecule has 1 saturated carbocycles. The second-order valence-electron chi connectivity index (χ2n) is 8.21. The van der Waals surface area contributed by atoms with E-state index in [0.717, 1.165) is 30.0 Å². The number of carboxylic acid groups (broad SMARTS) is 1. The van der Waals surface area contributed by atoms with E-state index in [-0.39, 0.29) is 40.9 Å². The SMILES string of the molecule is Cl.O=C(O)c1cc(C2CC2)c(CN2CCC(Oc3ncc(C(F)(F)F)cc3Cl)CC2)cc1F. The van der Waals surface area contributed by atoms with Crippen molar-refractivity contribution < 1.29 is 32.2 Å². The molecule has 0 spiro atoms. The third-order valence-electron chi connectivity index (χ3n) is 5.82. The van der Waals surface area contributed by atoms with E-state index in [1.165, 1.54) is 12.1 Å². The number of hydrogen-bond donors (Lipinski definition) is 1. The van der Waals surface area contributed by atoms with E-state index in [0.29, 0.717) is 38.7 Å². The van der Waals surface area contributed by atoms with Crippen molar-refractivity contribution in [2.24, 2.45) is 0 Å². The van der Waals surface area contributed by atoms with Crippen LogP contribution in [0, 0.1) is 5.82 Å². The van der Waals surface area contributed by atoms with Crippen molar-refractivity contribution in [1.29, 1.82) is 0 Å². The van der Waals surface area contributed by atoms with Gasteiger partial charge >= 0.3 is 12.1 Å². The number of piperidine rings is 1. The summed E-state index contributed by atoms with van der Waals surface area (Å²) in [5.74, 6) is -1.76. The lowest BCUT2D eigenvalue weighted by Crippen LogP contribution is -2.38. The third-order valence-corrected chi connectivity index (χ3v) is 6.09. The maximum absolute atomic E-state index is 14.3. The highest BCUT2D eigenvalue weighted by Gasteiger charge is 2.33. The Bertz CT molecular complexity index is 1020. The summed E-state index contributed by atoms with van der Waals surface area (Å²) in [5.41, 5.74) is 0.450. The number of benzene rings is 1. The Balaban J connectivity index is 0.00000306. The molecule has 0 radical (unpaired) electrons. The van der Waals surface area contributed by atoms with Crippen molar-refractivity contribution in [2.45, 2.75) is 50.4 Å². The van der Waals surface area contributed by atoms with Crippen LogP contribution < -0.4 is 4.74 Å². The van der Waals surface area contributed by atoms with Gasteiger partial charge in [-0.05, 0) is 60.9 Å². The van der Waals surface area contributed by atoms with Gasteiger partial charge in [0.2, 0.25) is 5.88 Å². The first kappa shape index (κ1) is 25.5. The van der Waals surface area contributed by atoms with Gasteiger partial charge in [0.25, 0.3) is 0 Å². The molecular weight excluding hydrogens is 487 g/mol. The van der Waals surface area contributed by atoms with Crippen LogP contribution in [0.3, 0.4) is 0 Å². The predicted octanol–water partition coefficient (Wildman–Crippen LogP) is 5.93. The highest BCUT2D eigenvalue weighted by Crippen LogP contribution is 2.43. The summed E-state index contributed by atoms with van der Waals surface area (Å²) in [7, 11) is 0. The quantitative estimate of drug-likeness (QED) is 0.489. The molecule has 4 rings (SSSR count). The molecule has 0 atom stereocenters. The molecule has 1 aliphatic carbocycles. The van der Waals surface area contributed by atoms with Crippen molar-refractivity contribution in [2.75, 3.05) is 13.1 Å². The smallest absolute Gasteiger partial charge is 0.417 e. The molecular formula is C22H22Cl2F4N2O3. The summed E-state index contributed by atoms with van der Waals surface area (Å²) < 4.78 is 58.2. The monoisotopic (exact) mass is 508 g/mol. The topological polar surface area (TPSA) is 62.7 Å². The molecule has 1 saturated heterocycles. The Morgan fingerprint density at radius 3 is 2.39 bits per heavy atom. The molecule has 2 aromatic rings. The average molecular weight is 509 g/mol. The maximum Gasteiger partial charge on any atom is 0.417 e. The molecule has 0 unspecified atom stereocenters. The molecule has 180 valence electrons. The van der Waals surface area contributed by atoms with Crippen molar-refractivity contribution in [3.63, 3.8) is 0 Å². The number of carbonyl (C=O) groups is 1. The van der Waals surface area contributed by atoms with Crippen LogP contribution in [0.2, 0.25) is 5.02 Å². The molecule has 0 amide bonds. The van der Waals surface area contributed by atoms with E-state index in [1.54, 1.807) is 0 Å². The van der Waals surface area contributed by atoms with E-state index in [4.69, 9.17) is 16.3 Å². The van der Waals surface area contributed by atoms with Crippen molar-refractivity contribution in [1.82, 2.24) is 9.88 Å². The maximum atomic E-state index is 14.3. The summed E-state index contributed by atoms with van der Waals surface area (Å²) in [4.78, 5) is 17.1. The van der Waals surface area contributed by atoms with Crippen LogP contribution in [0.25, 0.3) is 0 Å². The molecule has 33 heavy (non-hydrogen) atoms. The summed E-state index contributed by atoms with van der Waals surface area (Å²) in [6, 6.07) is 3.58. The normalized spacial score (nSPS) is 17.5. The van der Waals surface area contributed by atoms with E-state index >= 15 is 0 Å². The van der Waals surface area contributed by atoms with Crippen LogP contribution >= 0.6 is 24.0 Å². The zero-order valence-electron chi connectivity index (χ0n) is 17.4. The van der Waals surface area contributed by atoms with E-state index in [2.05, 4.69) is 9.88 Å². The van der Waals surface area contributed by atoms with Gasteiger partial charge in [0.1, 0.15) is 16.9 Å². The number of carboxylic acids is 1. The molecule has 2 aliphatic rings. The fourth-order valence-electron chi connectivity index (χ4n) is 3.96. The van der Waals surface area contributed by atoms with Gasteiger partial charge in [-0.1, -0.05) is 11.6 Å². The molecule has 5 nitrogen and oxygen atoms in total. The number of pyridine rings is 1. The second kappa shape index (κ2) is 10.0. The first-order valence-corrected chi connectivity index (χ1v) is 10.7. The number of rotatable bonds is 6. The van der Waals surface area contributed by atoms with Crippen LogP contribution in [-0.2, 0) is 12.7 Å². The number of likely N-dealkylation sites (tertiary alicyclic amines) is 1. The Morgan fingerprint density at radius 1 is 1.18 bits per heavy atom. The fraction of sp³-hybridized carbons (Fsp3) is 0.455. The first-order chi connectivity index (χ1) is 15.1. The molecule has 1 aromatic carbocycles. The second-order valence-corrected chi connectivity index (χ2v) is 8.62. The van der Waals surface area contributed by atoms with Gasteiger partial charge in [0.05, 0.1) is 11.1 Å². The summed E-state index contributed by atoms with van der Waals surface area (Å²) >= 11 is 5.92. The number of aromatic nitrogens is 1. The Hall–Kier alpha value is -2.10. The van der Waals surface area contributed by atoms with Crippen molar-refractivity contribution >= 4 is 30.0 Å². The fourth-order valence-corrected chi connectivity index (χ4v) is 4.17. The predicted molar refractivity (Wildman–Crippen MR) is 116 cm³/mol. The lowest BCUT2D eigenvalue weighted by Gasteiger charge is -2.32. The zero-order valence-corrected chi connectivity index (χ0v) is 18.9.